The number of ether oxygens (including phenoxy) is 2. The Labute approximate surface area is 157 Å². The molecule has 0 aliphatic rings. The molecular weight excluding hydrogens is 398 g/mol. The lowest BCUT2D eigenvalue weighted by atomic mass is 10.1. The molecule has 146 valence electrons. The summed E-state index contributed by atoms with van der Waals surface area (Å²) in [5.41, 5.74) is 17.9. The highest BCUT2D eigenvalue weighted by Gasteiger charge is 2.28. The second-order valence-corrected chi connectivity index (χ2v) is 5.51. The Morgan fingerprint density at radius 3 is 2.46 bits per heavy atom. The molecule has 12 heteroatoms. The largest absolute Gasteiger partial charge is 0.522 e. The van der Waals surface area contributed by atoms with Gasteiger partial charge in [-0.1, -0.05) is 35.3 Å². The summed E-state index contributed by atoms with van der Waals surface area (Å²) in [5, 5.41) is 3.13. The highest BCUT2D eigenvalue weighted by atomic mass is 35.5. The summed E-state index contributed by atoms with van der Waals surface area (Å²) in [7, 11) is 0. The fourth-order valence-corrected chi connectivity index (χ4v) is 2.05. The molecule has 0 bridgehead atoms. The van der Waals surface area contributed by atoms with E-state index in [-0.39, 0.29) is 42.3 Å². The second-order valence-electron chi connectivity index (χ2n) is 4.73. The molecule has 1 rings (SSSR count). The molecule has 0 aliphatic heterocycles. The van der Waals surface area contributed by atoms with Crippen molar-refractivity contribution in [2.75, 3.05) is 26.4 Å². The van der Waals surface area contributed by atoms with E-state index in [4.69, 9.17) is 45.1 Å². The van der Waals surface area contributed by atoms with Crippen LogP contribution >= 0.6 is 23.2 Å². The summed E-state index contributed by atoms with van der Waals surface area (Å²) >= 11 is 12.0. The molecule has 0 spiro atoms. The van der Waals surface area contributed by atoms with Crippen LogP contribution in [0.1, 0.15) is 5.56 Å². The molecule has 7 nitrogen and oxygen atoms in total. The van der Waals surface area contributed by atoms with Crippen molar-refractivity contribution in [3.63, 3.8) is 0 Å². The van der Waals surface area contributed by atoms with E-state index < -0.39 is 13.0 Å². The van der Waals surface area contributed by atoms with Crippen LogP contribution in [0.25, 0.3) is 5.70 Å². The Hall–Kier alpha value is -1.88. The Balaban J connectivity index is 2.47. The molecule has 0 fully saturated rings. The highest BCUT2D eigenvalue weighted by Crippen LogP contribution is 2.28. The lowest BCUT2D eigenvalue weighted by Crippen LogP contribution is -2.36. The van der Waals surface area contributed by atoms with Gasteiger partial charge >= 0.3 is 6.36 Å². The van der Waals surface area contributed by atoms with Crippen LogP contribution in [0.2, 0.25) is 10.0 Å². The standard InChI is InChI=1S/C14H18Cl2F3N5O2/c15-9-3-1-2-8(10(9)16)11(20)12(21)24-13(22)23-4-5-25-6-7-26-14(17,18)19/h1-3H,4-7,20-21H2,(H3,22,23,24)/b12-11-. The molecule has 0 atom stereocenters. The number of nitrogens with zero attached hydrogens (tertiary/aromatic N) is 1. The van der Waals surface area contributed by atoms with E-state index >= 15 is 0 Å². The minimum Gasteiger partial charge on any atom is -0.395 e. The fraction of sp³-hybridized carbons (Fsp3) is 0.357. The van der Waals surface area contributed by atoms with Crippen LogP contribution in [0.5, 0.6) is 0 Å². The van der Waals surface area contributed by atoms with Gasteiger partial charge in [0.15, 0.2) is 5.96 Å². The molecule has 7 N–H and O–H groups in total. The molecule has 26 heavy (non-hydrogen) atoms. The van der Waals surface area contributed by atoms with E-state index in [1.807, 2.05) is 0 Å². The first-order valence-corrected chi connectivity index (χ1v) is 7.92. The van der Waals surface area contributed by atoms with Crippen molar-refractivity contribution in [2.45, 2.75) is 6.36 Å². The lowest BCUT2D eigenvalue weighted by Gasteiger charge is -2.12. The normalized spacial score (nSPS) is 13.5. The molecule has 0 saturated heterocycles. The number of halogens is 5. The number of hydrogen-bond donors (Lipinski definition) is 4. The Kier molecular flexibility index (Phi) is 8.79. The Bertz CT molecular complexity index is 668. The van der Waals surface area contributed by atoms with Crippen molar-refractivity contribution in [1.29, 1.82) is 0 Å². The van der Waals surface area contributed by atoms with E-state index in [0.29, 0.717) is 10.6 Å². The predicted molar refractivity (Wildman–Crippen MR) is 94.2 cm³/mol. The number of rotatable bonds is 8. The summed E-state index contributed by atoms with van der Waals surface area (Å²) in [4.78, 5) is 3.89. The molecule has 0 aromatic heterocycles. The topological polar surface area (TPSA) is 121 Å². The Morgan fingerprint density at radius 1 is 1.12 bits per heavy atom. The fourth-order valence-electron chi connectivity index (χ4n) is 1.65. The summed E-state index contributed by atoms with van der Waals surface area (Å²) in [6.45, 7) is -0.697. The third-order valence-electron chi connectivity index (χ3n) is 2.81. The maximum atomic E-state index is 11.7. The van der Waals surface area contributed by atoms with E-state index in [2.05, 4.69) is 15.0 Å². The van der Waals surface area contributed by atoms with E-state index in [1.165, 1.54) is 0 Å². The molecular formula is C14H18Cl2F3N5O2. The number of alkyl halides is 3. The molecule has 0 aliphatic carbocycles. The number of nitrogens with two attached hydrogens (primary N) is 3. The van der Waals surface area contributed by atoms with Crippen LogP contribution in [-0.2, 0) is 9.47 Å². The smallest absolute Gasteiger partial charge is 0.395 e. The number of benzene rings is 1. The zero-order chi connectivity index (χ0) is 19.7. The van der Waals surface area contributed by atoms with Crippen molar-refractivity contribution < 1.29 is 22.6 Å². The number of guanidine groups is 1. The van der Waals surface area contributed by atoms with Gasteiger partial charge in [0.2, 0.25) is 0 Å². The molecule has 1 aromatic rings. The van der Waals surface area contributed by atoms with E-state index in [0.717, 1.165) is 0 Å². The van der Waals surface area contributed by atoms with Gasteiger partial charge in [-0.15, -0.1) is 13.2 Å². The van der Waals surface area contributed by atoms with Gasteiger partial charge in [0, 0.05) is 5.56 Å². The number of hydrogen-bond acceptors (Lipinski definition) is 5. The monoisotopic (exact) mass is 415 g/mol. The van der Waals surface area contributed by atoms with Crippen LogP contribution in [0.4, 0.5) is 13.2 Å². The molecule has 0 amide bonds. The molecule has 0 radical (unpaired) electrons. The second kappa shape index (κ2) is 10.3. The molecule has 0 saturated carbocycles. The van der Waals surface area contributed by atoms with Gasteiger partial charge in [0.1, 0.15) is 5.82 Å². The minimum absolute atomic E-state index is 0.00918. The molecule has 0 heterocycles. The maximum absolute atomic E-state index is 11.7. The van der Waals surface area contributed by atoms with Crippen molar-refractivity contribution in [1.82, 2.24) is 5.32 Å². The molecule has 0 unspecified atom stereocenters. The predicted octanol–water partition coefficient (Wildman–Crippen LogP) is 1.99. The van der Waals surface area contributed by atoms with Crippen molar-refractivity contribution in [2.24, 2.45) is 22.2 Å². The quantitative estimate of drug-likeness (QED) is 0.292. The van der Waals surface area contributed by atoms with Gasteiger partial charge in [-0.25, -0.2) is 0 Å². The average molecular weight is 416 g/mol. The van der Waals surface area contributed by atoms with Crippen LogP contribution in [0.3, 0.4) is 0 Å². The first kappa shape index (κ1) is 22.2. The summed E-state index contributed by atoms with van der Waals surface area (Å²) < 4.78 is 43.6. The summed E-state index contributed by atoms with van der Waals surface area (Å²) in [6.07, 6.45) is -4.68. The van der Waals surface area contributed by atoms with Crippen LogP contribution < -0.4 is 22.5 Å². The maximum Gasteiger partial charge on any atom is 0.522 e. The van der Waals surface area contributed by atoms with Crippen molar-refractivity contribution in [3.8, 4) is 0 Å². The number of aliphatic imine (C=N–C) groups is 1. The zero-order valence-electron chi connectivity index (χ0n) is 13.4. The first-order valence-electron chi connectivity index (χ1n) is 7.16. The van der Waals surface area contributed by atoms with Gasteiger partial charge in [-0.2, -0.15) is 0 Å². The third kappa shape index (κ3) is 8.00. The molecule has 1 aromatic carbocycles. The SMILES string of the molecule is NC(=NCCOCCOC(F)(F)F)N/C(N)=C(\N)c1cccc(Cl)c1Cl. The van der Waals surface area contributed by atoms with Gasteiger partial charge in [0.25, 0.3) is 0 Å². The van der Waals surface area contributed by atoms with Gasteiger partial charge < -0.3 is 27.3 Å². The van der Waals surface area contributed by atoms with Crippen LogP contribution in [-0.4, -0.2) is 38.7 Å². The van der Waals surface area contributed by atoms with Gasteiger partial charge in [-0.05, 0) is 6.07 Å². The van der Waals surface area contributed by atoms with E-state index in [1.54, 1.807) is 18.2 Å². The minimum atomic E-state index is -4.68. The van der Waals surface area contributed by atoms with Crippen molar-refractivity contribution in [3.05, 3.63) is 39.6 Å². The highest BCUT2D eigenvalue weighted by molar-refractivity contribution is 6.43. The van der Waals surface area contributed by atoms with Gasteiger partial charge in [-0.3, -0.25) is 9.73 Å². The lowest BCUT2D eigenvalue weighted by molar-refractivity contribution is -0.327. The average Bonchev–Trinajstić information content (AvgIpc) is 2.54. The van der Waals surface area contributed by atoms with Crippen molar-refractivity contribution >= 4 is 34.9 Å². The van der Waals surface area contributed by atoms with E-state index in [9.17, 15) is 13.2 Å². The summed E-state index contributed by atoms with van der Waals surface area (Å²) in [6, 6.07) is 4.88. The van der Waals surface area contributed by atoms with Gasteiger partial charge in [0.05, 0.1) is 42.1 Å². The Morgan fingerprint density at radius 2 is 1.81 bits per heavy atom. The first-order chi connectivity index (χ1) is 12.1. The summed E-state index contributed by atoms with van der Waals surface area (Å²) in [5.74, 6) is -0.0475. The van der Waals surface area contributed by atoms with Crippen LogP contribution in [0, 0.1) is 0 Å². The third-order valence-corrected chi connectivity index (χ3v) is 3.62. The van der Waals surface area contributed by atoms with Crippen LogP contribution in [0.15, 0.2) is 29.0 Å². The zero-order valence-corrected chi connectivity index (χ0v) is 15.0. The number of nitrogens with one attached hydrogen (secondary N) is 1.